The Bertz CT molecular complexity index is 370. The average molecular weight is 239 g/mol. The molecule has 0 aromatic heterocycles. The van der Waals surface area contributed by atoms with Crippen molar-refractivity contribution in [3.8, 4) is 0 Å². The molecular formula is C10H17N5O2. The maximum atomic E-state index is 11.8. The lowest BCUT2D eigenvalue weighted by Crippen LogP contribution is -2.64. The molecular weight excluding hydrogens is 222 g/mol. The predicted octanol–water partition coefficient (Wildman–Crippen LogP) is -1.41. The quantitative estimate of drug-likeness (QED) is 0.515. The first-order chi connectivity index (χ1) is 8.06. The zero-order chi connectivity index (χ0) is 12.6. The number of carbonyl (C=O) groups excluding carboxylic acids is 2. The zero-order valence-corrected chi connectivity index (χ0v) is 9.88. The second-order valence-electron chi connectivity index (χ2n) is 4.17. The van der Waals surface area contributed by atoms with Crippen LogP contribution < -0.4 is 16.4 Å². The molecule has 0 saturated carbocycles. The van der Waals surface area contributed by atoms with Crippen LogP contribution in [0.3, 0.4) is 0 Å². The van der Waals surface area contributed by atoms with Crippen LogP contribution in [0.2, 0.25) is 0 Å². The number of likely N-dealkylation sites (N-methyl/N-ethyl adjacent to an activating group) is 1. The van der Waals surface area contributed by atoms with Gasteiger partial charge in [-0.05, 0) is 6.92 Å². The predicted molar refractivity (Wildman–Crippen MR) is 61.5 cm³/mol. The van der Waals surface area contributed by atoms with Gasteiger partial charge in [0.15, 0.2) is 0 Å². The molecule has 0 aromatic carbocycles. The molecule has 0 bridgehead atoms. The van der Waals surface area contributed by atoms with Gasteiger partial charge in [-0.25, -0.2) is 4.79 Å². The van der Waals surface area contributed by atoms with E-state index in [0.29, 0.717) is 6.54 Å². The summed E-state index contributed by atoms with van der Waals surface area (Å²) >= 11 is 0. The summed E-state index contributed by atoms with van der Waals surface area (Å²) in [5.41, 5.74) is 5.91. The van der Waals surface area contributed by atoms with Gasteiger partial charge in [-0.3, -0.25) is 20.3 Å². The molecule has 17 heavy (non-hydrogen) atoms. The van der Waals surface area contributed by atoms with E-state index in [1.165, 1.54) is 4.90 Å². The summed E-state index contributed by atoms with van der Waals surface area (Å²) in [4.78, 5) is 26.6. The fourth-order valence-electron chi connectivity index (χ4n) is 2.18. The van der Waals surface area contributed by atoms with Crippen molar-refractivity contribution in [2.75, 3.05) is 13.6 Å². The van der Waals surface area contributed by atoms with Crippen LogP contribution in [-0.4, -0.2) is 53.8 Å². The number of nitrogens with one attached hydrogen (secondary N) is 2. The first-order valence-corrected chi connectivity index (χ1v) is 5.52. The van der Waals surface area contributed by atoms with Gasteiger partial charge < -0.3 is 10.6 Å². The van der Waals surface area contributed by atoms with E-state index in [2.05, 4.69) is 10.6 Å². The molecule has 0 spiro atoms. The van der Waals surface area contributed by atoms with E-state index in [1.807, 2.05) is 24.0 Å². The molecule has 0 radical (unpaired) electrons. The molecule has 3 atom stereocenters. The van der Waals surface area contributed by atoms with E-state index >= 15 is 0 Å². The number of nitrogens with zero attached hydrogens (tertiary/aromatic N) is 2. The molecule has 2 rings (SSSR count). The minimum Gasteiger partial charge on any atom is -0.310 e. The Morgan fingerprint density at radius 1 is 1.47 bits per heavy atom. The number of amides is 3. The topological polar surface area (TPSA) is 90.7 Å². The van der Waals surface area contributed by atoms with Crippen molar-refractivity contribution in [1.82, 2.24) is 20.4 Å². The van der Waals surface area contributed by atoms with Crippen molar-refractivity contribution in [1.29, 1.82) is 0 Å². The van der Waals surface area contributed by atoms with E-state index in [9.17, 15) is 9.59 Å². The summed E-state index contributed by atoms with van der Waals surface area (Å²) in [6.07, 6.45) is 3.03. The van der Waals surface area contributed by atoms with E-state index in [4.69, 9.17) is 5.73 Å². The van der Waals surface area contributed by atoms with Crippen LogP contribution in [0, 0.1) is 0 Å². The van der Waals surface area contributed by atoms with Crippen molar-refractivity contribution in [3.63, 3.8) is 0 Å². The fraction of sp³-hybridized carbons (Fsp3) is 0.600. The van der Waals surface area contributed by atoms with Gasteiger partial charge in [0, 0.05) is 13.6 Å². The summed E-state index contributed by atoms with van der Waals surface area (Å²) in [6.45, 7) is 2.48. The van der Waals surface area contributed by atoms with Crippen LogP contribution in [0.1, 0.15) is 6.92 Å². The van der Waals surface area contributed by atoms with Crippen LogP contribution in [-0.2, 0) is 4.79 Å². The molecule has 7 heteroatoms. The van der Waals surface area contributed by atoms with Crippen molar-refractivity contribution >= 4 is 11.9 Å². The fourth-order valence-corrected chi connectivity index (χ4v) is 2.18. The summed E-state index contributed by atoms with van der Waals surface area (Å²) in [5.74, 6) is -0.303. The lowest BCUT2D eigenvalue weighted by molar-refractivity contribution is -0.127. The van der Waals surface area contributed by atoms with Gasteiger partial charge in [0.1, 0.15) is 18.5 Å². The number of imide groups is 1. The first kappa shape index (κ1) is 12.0. The minimum absolute atomic E-state index is 0.303. The third-order valence-electron chi connectivity index (χ3n) is 3.14. The molecule has 3 unspecified atom stereocenters. The molecule has 2 heterocycles. The van der Waals surface area contributed by atoms with Gasteiger partial charge in [-0.15, -0.1) is 0 Å². The molecule has 2 fully saturated rings. The largest absolute Gasteiger partial charge is 0.325 e. The highest BCUT2D eigenvalue weighted by molar-refractivity contribution is 6.00. The third kappa shape index (κ3) is 1.92. The number of hydrogen-bond donors (Lipinski definition) is 3. The maximum Gasteiger partial charge on any atom is 0.325 e. The first-order valence-electron chi connectivity index (χ1n) is 5.52. The number of hydrogen-bond acceptors (Lipinski definition) is 5. The van der Waals surface area contributed by atoms with Gasteiger partial charge in [-0.1, -0.05) is 12.2 Å². The Morgan fingerprint density at radius 2 is 2.18 bits per heavy atom. The molecule has 2 aliphatic rings. The minimum atomic E-state index is -0.441. The second kappa shape index (κ2) is 4.44. The number of fused-ring (bicyclic) bond motifs is 1. The lowest BCUT2D eigenvalue weighted by Gasteiger charge is -2.35. The van der Waals surface area contributed by atoms with Crippen LogP contribution in [0.4, 0.5) is 4.79 Å². The number of allylic oxidation sites excluding steroid dienone is 1. The second-order valence-corrected chi connectivity index (χ2v) is 4.17. The Kier molecular flexibility index (Phi) is 3.14. The van der Waals surface area contributed by atoms with Crippen molar-refractivity contribution < 1.29 is 9.59 Å². The normalized spacial score (nSPS) is 34.3. The van der Waals surface area contributed by atoms with Gasteiger partial charge in [0.05, 0.1) is 0 Å². The average Bonchev–Trinajstić information content (AvgIpc) is 2.61. The van der Waals surface area contributed by atoms with Crippen LogP contribution in [0.25, 0.3) is 0 Å². The Balaban J connectivity index is 2.22. The van der Waals surface area contributed by atoms with Crippen LogP contribution in [0.5, 0.6) is 0 Å². The van der Waals surface area contributed by atoms with Gasteiger partial charge in [0.2, 0.25) is 5.91 Å². The van der Waals surface area contributed by atoms with E-state index in [-0.39, 0.29) is 12.1 Å². The highest BCUT2D eigenvalue weighted by atomic mass is 16.2. The van der Waals surface area contributed by atoms with Crippen molar-refractivity contribution in [3.05, 3.63) is 12.2 Å². The van der Waals surface area contributed by atoms with Gasteiger partial charge in [-0.2, -0.15) is 0 Å². The molecule has 7 nitrogen and oxygen atoms in total. The van der Waals surface area contributed by atoms with Crippen molar-refractivity contribution in [2.24, 2.45) is 5.73 Å². The number of urea groups is 1. The zero-order valence-electron chi connectivity index (χ0n) is 9.88. The molecule has 3 amide bonds. The molecule has 0 aliphatic carbocycles. The van der Waals surface area contributed by atoms with Gasteiger partial charge in [0.25, 0.3) is 0 Å². The van der Waals surface area contributed by atoms with E-state index in [0.717, 1.165) is 0 Å². The summed E-state index contributed by atoms with van der Waals surface area (Å²) < 4.78 is 0. The molecule has 0 aromatic rings. The van der Waals surface area contributed by atoms with E-state index in [1.54, 1.807) is 7.05 Å². The van der Waals surface area contributed by atoms with E-state index < -0.39 is 18.4 Å². The summed E-state index contributed by atoms with van der Waals surface area (Å²) in [6, 6.07) is -0.840. The smallest absolute Gasteiger partial charge is 0.310 e. The maximum absolute atomic E-state index is 11.8. The SMILES string of the molecule is C/C=C/CN1C(N)NC2C1C(=O)NC(=O)N2C. The van der Waals surface area contributed by atoms with Gasteiger partial charge >= 0.3 is 6.03 Å². The highest BCUT2D eigenvalue weighted by Gasteiger charge is 2.49. The standard InChI is InChI=1S/C10H17N5O2/c1-3-4-5-15-6-7(12-9(15)11)14(2)10(17)13-8(6)16/h3-4,6-7,9,12H,5,11H2,1-2H3,(H,13,16,17)/b4-3+. The number of carbonyl (C=O) groups is 2. The van der Waals surface area contributed by atoms with Crippen LogP contribution >= 0.6 is 0 Å². The molecule has 94 valence electrons. The molecule has 2 saturated heterocycles. The Labute approximate surface area is 99.6 Å². The summed E-state index contributed by atoms with van der Waals surface area (Å²) in [5, 5.41) is 5.35. The summed E-state index contributed by atoms with van der Waals surface area (Å²) in [7, 11) is 1.64. The van der Waals surface area contributed by atoms with Crippen molar-refractivity contribution in [2.45, 2.75) is 25.4 Å². The monoisotopic (exact) mass is 239 g/mol. The number of rotatable bonds is 2. The van der Waals surface area contributed by atoms with Crippen LogP contribution in [0.15, 0.2) is 12.2 Å². The highest BCUT2D eigenvalue weighted by Crippen LogP contribution is 2.20. The molecule has 4 N–H and O–H groups in total. The molecule has 2 aliphatic heterocycles. The Hall–Kier alpha value is -1.44. The lowest BCUT2D eigenvalue weighted by atomic mass is 10.1. The number of nitrogens with two attached hydrogens (primary N) is 1. The Morgan fingerprint density at radius 3 is 2.82 bits per heavy atom. The third-order valence-corrected chi connectivity index (χ3v) is 3.14.